The lowest BCUT2D eigenvalue weighted by Gasteiger charge is -2.06. The summed E-state index contributed by atoms with van der Waals surface area (Å²) in [5.41, 5.74) is -0.922. The van der Waals surface area contributed by atoms with E-state index >= 15 is 0 Å². The van der Waals surface area contributed by atoms with E-state index in [0.717, 1.165) is 0 Å². The van der Waals surface area contributed by atoms with E-state index in [1.54, 1.807) is 0 Å². The molecular weight excluding hydrogens is 283 g/mol. The Kier molecular flexibility index (Phi) is 3.51. The number of ether oxygens (including phenoxy) is 1. The highest BCUT2D eigenvalue weighted by Crippen LogP contribution is 2.32. The monoisotopic (exact) mass is 285 g/mol. The Morgan fingerprint density at radius 3 is 2.53 bits per heavy atom. The fourth-order valence-corrected chi connectivity index (χ4v) is 1.25. The molecule has 0 unspecified atom stereocenters. The van der Waals surface area contributed by atoms with Crippen molar-refractivity contribution in [2.45, 2.75) is 6.61 Å². The van der Waals surface area contributed by atoms with Gasteiger partial charge in [0, 0.05) is 0 Å². The second-order valence-corrected chi connectivity index (χ2v) is 3.22. The largest absolute Gasteiger partial charge is 0.433 e. The Hall–Kier alpha value is -1.31. The second-order valence-electron chi connectivity index (χ2n) is 2.37. The number of benzene rings is 1. The van der Waals surface area contributed by atoms with E-state index in [4.69, 9.17) is 0 Å². The van der Waals surface area contributed by atoms with E-state index in [-0.39, 0.29) is 4.47 Å². The van der Waals surface area contributed by atoms with Crippen LogP contribution in [0.3, 0.4) is 0 Å². The summed E-state index contributed by atoms with van der Waals surface area (Å²) < 4.78 is 40.4. The molecule has 1 aromatic carbocycles. The predicted octanol–water partition coefficient (Wildman–Crippen LogP) is 3.10. The molecule has 0 atom stereocenters. The summed E-state index contributed by atoms with van der Waals surface area (Å²) in [6, 6.07) is 1.28. The summed E-state index contributed by atoms with van der Waals surface area (Å²) in [5, 5.41) is 10.3. The number of nitro groups is 1. The van der Waals surface area contributed by atoms with Crippen LogP contribution >= 0.6 is 15.9 Å². The summed E-state index contributed by atoms with van der Waals surface area (Å²) in [6.45, 7) is -3.13. The third-order valence-electron chi connectivity index (χ3n) is 1.41. The first-order chi connectivity index (χ1) is 6.91. The molecule has 0 heterocycles. The Balaban J connectivity index is 3.17. The number of alkyl halides is 2. The van der Waals surface area contributed by atoms with Crippen molar-refractivity contribution >= 4 is 21.6 Å². The topological polar surface area (TPSA) is 52.4 Å². The molecule has 0 radical (unpaired) electrons. The number of rotatable bonds is 3. The van der Waals surface area contributed by atoms with Gasteiger partial charge in [-0.1, -0.05) is 0 Å². The molecule has 0 fully saturated rings. The highest BCUT2D eigenvalue weighted by Gasteiger charge is 2.19. The quantitative estimate of drug-likeness (QED) is 0.633. The van der Waals surface area contributed by atoms with Crippen LogP contribution in [0.5, 0.6) is 5.75 Å². The molecule has 0 spiro atoms. The Labute approximate surface area is 89.9 Å². The zero-order valence-electron chi connectivity index (χ0n) is 6.92. The van der Waals surface area contributed by atoms with Crippen LogP contribution in [0, 0.1) is 15.9 Å². The van der Waals surface area contributed by atoms with Crippen molar-refractivity contribution in [1.82, 2.24) is 0 Å². The minimum atomic E-state index is -3.13. The lowest BCUT2D eigenvalue weighted by Crippen LogP contribution is -2.04. The first-order valence-corrected chi connectivity index (χ1v) is 4.29. The van der Waals surface area contributed by atoms with Crippen LogP contribution in [-0.2, 0) is 0 Å². The van der Waals surface area contributed by atoms with Gasteiger partial charge in [-0.2, -0.15) is 13.2 Å². The maximum atomic E-state index is 12.9. The third-order valence-corrected chi connectivity index (χ3v) is 2.03. The van der Waals surface area contributed by atoms with E-state index in [0.29, 0.717) is 12.1 Å². The van der Waals surface area contributed by atoms with Crippen molar-refractivity contribution in [3.63, 3.8) is 0 Å². The van der Waals surface area contributed by atoms with Gasteiger partial charge in [-0.05, 0) is 22.0 Å². The molecule has 0 aliphatic carbocycles. The maximum absolute atomic E-state index is 12.9. The summed E-state index contributed by atoms with van der Waals surface area (Å²) in [4.78, 5) is 9.25. The number of nitro benzene ring substituents is 1. The average Bonchev–Trinajstić information content (AvgIpc) is 2.08. The van der Waals surface area contributed by atoms with Crippen molar-refractivity contribution in [3.05, 3.63) is 32.5 Å². The van der Waals surface area contributed by atoms with Crippen LogP contribution in [0.25, 0.3) is 0 Å². The molecule has 0 amide bonds. The lowest BCUT2D eigenvalue weighted by molar-refractivity contribution is -0.387. The molecule has 0 aliphatic heterocycles. The van der Waals surface area contributed by atoms with Gasteiger partial charge in [0.25, 0.3) is 0 Å². The van der Waals surface area contributed by atoms with Crippen LogP contribution in [0.4, 0.5) is 18.9 Å². The lowest BCUT2D eigenvalue weighted by atomic mass is 10.3. The van der Waals surface area contributed by atoms with E-state index in [9.17, 15) is 23.3 Å². The van der Waals surface area contributed by atoms with Gasteiger partial charge in [-0.15, -0.1) is 0 Å². The zero-order valence-corrected chi connectivity index (χ0v) is 8.50. The zero-order chi connectivity index (χ0) is 11.6. The fraction of sp³-hybridized carbons (Fsp3) is 0.143. The van der Waals surface area contributed by atoms with E-state index in [2.05, 4.69) is 20.7 Å². The molecule has 8 heteroatoms. The van der Waals surface area contributed by atoms with Crippen LogP contribution in [-0.4, -0.2) is 11.5 Å². The highest BCUT2D eigenvalue weighted by molar-refractivity contribution is 9.10. The maximum Gasteiger partial charge on any atom is 0.387 e. The summed E-state index contributed by atoms with van der Waals surface area (Å²) >= 11 is 2.74. The molecule has 0 saturated heterocycles. The molecule has 0 aromatic heterocycles. The molecule has 0 N–H and O–H groups in total. The molecule has 15 heavy (non-hydrogen) atoms. The van der Waals surface area contributed by atoms with Gasteiger partial charge in [-0.3, -0.25) is 10.1 Å². The van der Waals surface area contributed by atoms with E-state index < -0.39 is 28.8 Å². The van der Waals surface area contributed by atoms with Gasteiger partial charge in [-0.25, -0.2) is 0 Å². The Bertz CT molecular complexity index is 399. The molecule has 4 nitrogen and oxygen atoms in total. The van der Waals surface area contributed by atoms with Crippen molar-refractivity contribution in [2.75, 3.05) is 0 Å². The first-order valence-electron chi connectivity index (χ1n) is 3.50. The number of halogens is 4. The molecule has 0 saturated carbocycles. The van der Waals surface area contributed by atoms with E-state index in [1.165, 1.54) is 0 Å². The minimum absolute atomic E-state index is 0.120. The number of hydrogen-bond acceptors (Lipinski definition) is 3. The Morgan fingerprint density at radius 2 is 2.07 bits per heavy atom. The predicted molar refractivity (Wildman–Crippen MR) is 47.4 cm³/mol. The number of hydrogen-bond donors (Lipinski definition) is 0. The van der Waals surface area contributed by atoms with Crippen molar-refractivity contribution < 1.29 is 22.8 Å². The van der Waals surface area contributed by atoms with Gasteiger partial charge < -0.3 is 4.74 Å². The van der Waals surface area contributed by atoms with Gasteiger partial charge in [0.1, 0.15) is 5.75 Å². The second kappa shape index (κ2) is 4.47. The van der Waals surface area contributed by atoms with Crippen LogP contribution in [0.1, 0.15) is 0 Å². The Morgan fingerprint density at radius 1 is 1.47 bits per heavy atom. The molecule has 1 rings (SSSR count). The molecule has 0 aliphatic rings. The average molecular weight is 286 g/mol. The summed E-state index contributed by atoms with van der Waals surface area (Å²) in [6.07, 6.45) is 0. The molecule has 0 bridgehead atoms. The number of nitrogens with zero attached hydrogens (tertiary/aromatic N) is 1. The van der Waals surface area contributed by atoms with Gasteiger partial charge in [0.15, 0.2) is 0 Å². The molecule has 1 aromatic rings. The molecule has 82 valence electrons. The standard InChI is InChI=1S/C7H3BrF3NO3/c8-3-1-4(9)5(12(13)14)2-6(3)15-7(10)11/h1-2,7H. The minimum Gasteiger partial charge on any atom is -0.433 e. The van der Waals surface area contributed by atoms with Gasteiger partial charge in [0.05, 0.1) is 15.5 Å². The smallest absolute Gasteiger partial charge is 0.387 e. The third kappa shape index (κ3) is 2.82. The highest BCUT2D eigenvalue weighted by atomic mass is 79.9. The van der Waals surface area contributed by atoms with Gasteiger partial charge in [0.2, 0.25) is 5.82 Å². The summed E-state index contributed by atoms with van der Waals surface area (Å²) in [7, 11) is 0. The van der Waals surface area contributed by atoms with E-state index in [1.807, 2.05) is 0 Å². The SMILES string of the molecule is O=[N+]([O-])c1cc(OC(F)F)c(Br)cc1F. The fourth-order valence-electron chi connectivity index (χ4n) is 0.845. The van der Waals surface area contributed by atoms with Crippen LogP contribution < -0.4 is 4.74 Å². The molecular formula is C7H3BrF3NO3. The normalized spacial score (nSPS) is 10.5. The first kappa shape index (κ1) is 11.8. The van der Waals surface area contributed by atoms with Crippen LogP contribution in [0.2, 0.25) is 0 Å². The van der Waals surface area contributed by atoms with Crippen molar-refractivity contribution in [3.8, 4) is 5.75 Å². The van der Waals surface area contributed by atoms with Gasteiger partial charge >= 0.3 is 12.3 Å². The summed E-state index contributed by atoms with van der Waals surface area (Å²) in [5.74, 6) is -1.62. The van der Waals surface area contributed by atoms with Crippen LogP contribution in [0.15, 0.2) is 16.6 Å². The van der Waals surface area contributed by atoms with Crippen molar-refractivity contribution in [2.24, 2.45) is 0 Å². The van der Waals surface area contributed by atoms with Crippen molar-refractivity contribution in [1.29, 1.82) is 0 Å².